The minimum atomic E-state index is -0.435. The lowest BCUT2D eigenvalue weighted by molar-refractivity contribution is -0.384. The second kappa shape index (κ2) is 5.54. The molecule has 0 aliphatic rings. The number of nitrogens with zero attached hydrogens (tertiary/aromatic N) is 1. The fourth-order valence-electron chi connectivity index (χ4n) is 1.72. The summed E-state index contributed by atoms with van der Waals surface area (Å²) in [6, 6.07) is 8.07. The summed E-state index contributed by atoms with van der Waals surface area (Å²) in [6.07, 6.45) is 0.786. The molecule has 5 nitrogen and oxygen atoms in total. The summed E-state index contributed by atoms with van der Waals surface area (Å²) in [7, 11) is 0. The lowest BCUT2D eigenvalue weighted by Gasteiger charge is -2.05. The molecule has 1 aromatic heterocycles. The van der Waals surface area contributed by atoms with Crippen molar-refractivity contribution in [1.82, 2.24) is 0 Å². The third-order valence-corrected chi connectivity index (χ3v) is 3.52. The van der Waals surface area contributed by atoms with Crippen LogP contribution in [0.4, 0.5) is 5.69 Å². The van der Waals surface area contributed by atoms with Gasteiger partial charge in [0.25, 0.3) is 5.69 Å². The van der Waals surface area contributed by atoms with Crippen LogP contribution in [0.2, 0.25) is 0 Å². The molecular formula is C13H13BrN2O3. The molecule has 1 heterocycles. The number of nitro benzene ring substituents is 1. The smallest absolute Gasteiger partial charge is 0.270 e. The van der Waals surface area contributed by atoms with Crippen LogP contribution in [-0.4, -0.2) is 4.92 Å². The molecular weight excluding hydrogens is 312 g/mol. The van der Waals surface area contributed by atoms with Crippen LogP contribution in [0.3, 0.4) is 0 Å². The molecule has 0 aliphatic carbocycles. The van der Waals surface area contributed by atoms with Gasteiger partial charge in [-0.3, -0.25) is 10.1 Å². The van der Waals surface area contributed by atoms with Gasteiger partial charge in [-0.2, -0.15) is 0 Å². The first-order chi connectivity index (χ1) is 9.02. The van der Waals surface area contributed by atoms with Gasteiger partial charge in [-0.15, -0.1) is 0 Å². The molecule has 0 bridgehead atoms. The number of hydrogen-bond donors (Lipinski definition) is 1. The van der Waals surface area contributed by atoms with Gasteiger partial charge in [-0.1, -0.05) is 6.92 Å². The SMILES string of the molecule is CCC(N)c1ccc(-c2ccc([N+](=O)[O-])cc2Br)o1. The van der Waals surface area contributed by atoms with Gasteiger partial charge < -0.3 is 10.2 Å². The van der Waals surface area contributed by atoms with E-state index in [2.05, 4.69) is 15.9 Å². The van der Waals surface area contributed by atoms with Gasteiger partial charge in [0.1, 0.15) is 11.5 Å². The highest BCUT2D eigenvalue weighted by molar-refractivity contribution is 9.10. The van der Waals surface area contributed by atoms with Crippen LogP contribution in [-0.2, 0) is 0 Å². The van der Waals surface area contributed by atoms with E-state index in [4.69, 9.17) is 10.2 Å². The number of benzene rings is 1. The molecule has 0 spiro atoms. The Hall–Kier alpha value is -1.66. The fourth-order valence-corrected chi connectivity index (χ4v) is 2.28. The highest BCUT2D eigenvalue weighted by atomic mass is 79.9. The van der Waals surface area contributed by atoms with Gasteiger partial charge in [0.2, 0.25) is 0 Å². The summed E-state index contributed by atoms with van der Waals surface area (Å²) in [4.78, 5) is 10.2. The minimum absolute atomic E-state index is 0.0349. The molecule has 19 heavy (non-hydrogen) atoms. The first kappa shape index (κ1) is 13.8. The van der Waals surface area contributed by atoms with E-state index in [1.165, 1.54) is 12.1 Å². The maximum absolute atomic E-state index is 10.7. The largest absolute Gasteiger partial charge is 0.459 e. The van der Waals surface area contributed by atoms with Gasteiger partial charge in [0.15, 0.2) is 0 Å². The summed E-state index contributed by atoms with van der Waals surface area (Å²) in [5, 5.41) is 10.7. The molecule has 1 aromatic carbocycles. The Balaban J connectivity index is 2.37. The van der Waals surface area contributed by atoms with E-state index in [1.807, 2.05) is 19.1 Å². The Kier molecular flexibility index (Phi) is 4.01. The Morgan fingerprint density at radius 1 is 1.42 bits per heavy atom. The fraction of sp³-hybridized carbons (Fsp3) is 0.231. The molecule has 1 unspecified atom stereocenters. The number of nitro groups is 1. The average molecular weight is 325 g/mol. The molecule has 6 heteroatoms. The van der Waals surface area contributed by atoms with Crippen molar-refractivity contribution in [3.8, 4) is 11.3 Å². The maximum atomic E-state index is 10.7. The normalized spacial score (nSPS) is 12.4. The third kappa shape index (κ3) is 2.85. The van der Waals surface area contributed by atoms with Crippen molar-refractivity contribution < 1.29 is 9.34 Å². The molecule has 0 aliphatic heterocycles. The second-order valence-corrected chi connectivity index (χ2v) is 4.99. The van der Waals surface area contributed by atoms with Crippen LogP contribution in [0, 0.1) is 10.1 Å². The lowest BCUT2D eigenvalue weighted by atomic mass is 10.1. The number of rotatable bonds is 4. The van der Waals surface area contributed by atoms with Gasteiger partial charge in [0, 0.05) is 22.2 Å². The Morgan fingerprint density at radius 3 is 2.74 bits per heavy atom. The van der Waals surface area contributed by atoms with Gasteiger partial charge in [-0.25, -0.2) is 0 Å². The average Bonchev–Trinajstić information content (AvgIpc) is 2.87. The highest BCUT2D eigenvalue weighted by Crippen LogP contribution is 2.33. The standard InChI is InChI=1S/C13H13BrN2O3/c1-2-11(15)13-6-5-12(19-13)9-4-3-8(16(17)18)7-10(9)14/h3-7,11H,2,15H2,1H3. The predicted molar refractivity (Wildman–Crippen MR) is 75.7 cm³/mol. The van der Waals surface area contributed by atoms with Crippen LogP contribution in [0.25, 0.3) is 11.3 Å². The van der Waals surface area contributed by atoms with Crippen molar-refractivity contribution >= 4 is 21.6 Å². The molecule has 2 aromatic rings. The second-order valence-electron chi connectivity index (χ2n) is 4.14. The number of halogens is 1. The monoisotopic (exact) mass is 324 g/mol. The van der Waals surface area contributed by atoms with Crippen molar-refractivity contribution in [3.05, 3.63) is 50.7 Å². The third-order valence-electron chi connectivity index (χ3n) is 2.86. The molecule has 0 saturated heterocycles. The molecule has 100 valence electrons. The number of nitrogens with two attached hydrogens (primary N) is 1. The molecule has 0 amide bonds. The van der Waals surface area contributed by atoms with E-state index >= 15 is 0 Å². The van der Waals surface area contributed by atoms with E-state index in [0.29, 0.717) is 16.0 Å². The van der Waals surface area contributed by atoms with E-state index < -0.39 is 4.92 Å². The number of hydrogen-bond acceptors (Lipinski definition) is 4. The maximum Gasteiger partial charge on any atom is 0.270 e. The van der Waals surface area contributed by atoms with Crippen LogP contribution < -0.4 is 5.73 Å². The Morgan fingerprint density at radius 2 is 2.16 bits per heavy atom. The molecule has 0 saturated carbocycles. The lowest BCUT2D eigenvalue weighted by Crippen LogP contribution is -2.06. The van der Waals surface area contributed by atoms with Crippen LogP contribution in [0.15, 0.2) is 39.2 Å². The van der Waals surface area contributed by atoms with Gasteiger partial charge in [0.05, 0.1) is 11.0 Å². The van der Waals surface area contributed by atoms with Crippen LogP contribution in [0.5, 0.6) is 0 Å². The molecule has 2 rings (SSSR count). The summed E-state index contributed by atoms with van der Waals surface area (Å²) in [5.41, 5.74) is 6.69. The van der Waals surface area contributed by atoms with Crippen LogP contribution >= 0.6 is 15.9 Å². The van der Waals surface area contributed by atoms with E-state index in [9.17, 15) is 10.1 Å². The summed E-state index contributed by atoms with van der Waals surface area (Å²) < 4.78 is 6.30. The topological polar surface area (TPSA) is 82.3 Å². The molecule has 2 N–H and O–H groups in total. The van der Waals surface area contributed by atoms with Gasteiger partial charge in [-0.05, 0) is 40.5 Å². The van der Waals surface area contributed by atoms with Gasteiger partial charge >= 0.3 is 0 Å². The molecule has 0 fully saturated rings. The van der Waals surface area contributed by atoms with Crippen molar-refractivity contribution in [2.45, 2.75) is 19.4 Å². The summed E-state index contributed by atoms with van der Waals surface area (Å²) in [6.45, 7) is 1.98. The quantitative estimate of drug-likeness (QED) is 0.680. The summed E-state index contributed by atoms with van der Waals surface area (Å²) in [5.74, 6) is 1.35. The number of non-ortho nitro benzene ring substituents is 1. The zero-order valence-electron chi connectivity index (χ0n) is 10.3. The molecule has 0 radical (unpaired) electrons. The number of furan rings is 1. The van der Waals surface area contributed by atoms with Crippen molar-refractivity contribution in [1.29, 1.82) is 0 Å². The molecule has 1 atom stereocenters. The summed E-state index contributed by atoms with van der Waals surface area (Å²) >= 11 is 3.32. The zero-order chi connectivity index (χ0) is 14.0. The Bertz CT molecular complexity index is 610. The first-order valence-corrected chi connectivity index (χ1v) is 6.62. The first-order valence-electron chi connectivity index (χ1n) is 5.82. The minimum Gasteiger partial charge on any atom is -0.459 e. The highest BCUT2D eigenvalue weighted by Gasteiger charge is 2.14. The van der Waals surface area contributed by atoms with Crippen molar-refractivity contribution in [2.24, 2.45) is 5.73 Å². The Labute approximate surface area is 118 Å². The van der Waals surface area contributed by atoms with Crippen LogP contribution in [0.1, 0.15) is 25.1 Å². The van der Waals surface area contributed by atoms with E-state index in [0.717, 1.165) is 12.0 Å². The zero-order valence-corrected chi connectivity index (χ0v) is 11.9. The van der Waals surface area contributed by atoms with Crippen molar-refractivity contribution in [3.63, 3.8) is 0 Å². The predicted octanol–water partition coefficient (Wildman–Crippen LogP) is 4.03. The van der Waals surface area contributed by atoms with E-state index in [-0.39, 0.29) is 11.7 Å². The van der Waals surface area contributed by atoms with E-state index in [1.54, 1.807) is 6.07 Å². The van der Waals surface area contributed by atoms with Crippen molar-refractivity contribution in [2.75, 3.05) is 0 Å².